The highest BCUT2D eigenvalue weighted by Crippen LogP contribution is 2.32. The molecule has 0 aliphatic carbocycles. The molecule has 0 saturated carbocycles. The molecular formula is C29H35N5O5. The molecule has 4 rings (SSSR count). The SMILES string of the molecule is CCCN(CC(=O)N1CCN(c2ccc(-c3ccc(OC)cc3OC)nn2)CC1)C(=O)c1ccc(OC)cc1. The van der Waals surface area contributed by atoms with Gasteiger partial charge in [0.2, 0.25) is 5.91 Å². The van der Waals surface area contributed by atoms with E-state index < -0.39 is 0 Å². The van der Waals surface area contributed by atoms with E-state index in [9.17, 15) is 9.59 Å². The number of methoxy groups -OCH3 is 3. The second-order valence-electron chi connectivity index (χ2n) is 9.17. The van der Waals surface area contributed by atoms with Crippen molar-refractivity contribution in [3.63, 3.8) is 0 Å². The van der Waals surface area contributed by atoms with Crippen LogP contribution in [-0.4, -0.2) is 92.4 Å². The van der Waals surface area contributed by atoms with Gasteiger partial charge in [-0.25, -0.2) is 0 Å². The van der Waals surface area contributed by atoms with E-state index in [1.807, 2.05) is 42.2 Å². The predicted octanol–water partition coefficient (Wildman–Crippen LogP) is 3.37. The Morgan fingerprint density at radius 2 is 1.54 bits per heavy atom. The summed E-state index contributed by atoms with van der Waals surface area (Å²) in [6.45, 7) is 4.91. The van der Waals surface area contributed by atoms with Crippen LogP contribution in [0.15, 0.2) is 54.6 Å². The zero-order valence-electron chi connectivity index (χ0n) is 22.9. The summed E-state index contributed by atoms with van der Waals surface area (Å²) in [4.78, 5) is 31.7. The summed E-state index contributed by atoms with van der Waals surface area (Å²) in [6, 6.07) is 16.4. The third-order valence-electron chi connectivity index (χ3n) is 6.74. The number of carbonyl (C=O) groups excluding carboxylic acids is 2. The molecule has 2 heterocycles. The summed E-state index contributed by atoms with van der Waals surface area (Å²) in [5, 5.41) is 8.85. The Hall–Kier alpha value is -4.34. The van der Waals surface area contributed by atoms with E-state index in [1.165, 1.54) is 0 Å². The molecule has 206 valence electrons. The quantitative estimate of drug-likeness (QED) is 0.391. The summed E-state index contributed by atoms with van der Waals surface area (Å²) in [6.07, 6.45) is 0.764. The number of hydrogen-bond acceptors (Lipinski definition) is 8. The van der Waals surface area contributed by atoms with Crippen LogP contribution < -0.4 is 19.1 Å². The first-order valence-corrected chi connectivity index (χ1v) is 13.0. The fourth-order valence-corrected chi connectivity index (χ4v) is 4.53. The predicted molar refractivity (Wildman–Crippen MR) is 149 cm³/mol. The van der Waals surface area contributed by atoms with Crippen molar-refractivity contribution < 1.29 is 23.8 Å². The molecule has 3 aromatic rings. The zero-order chi connectivity index (χ0) is 27.8. The third kappa shape index (κ3) is 6.57. The molecule has 1 saturated heterocycles. The van der Waals surface area contributed by atoms with Gasteiger partial charge in [0.25, 0.3) is 5.91 Å². The topological polar surface area (TPSA) is 97.3 Å². The van der Waals surface area contributed by atoms with Crippen LogP contribution >= 0.6 is 0 Å². The average molecular weight is 534 g/mol. The molecule has 0 N–H and O–H groups in total. The van der Waals surface area contributed by atoms with E-state index in [0.717, 1.165) is 17.8 Å². The number of benzene rings is 2. The van der Waals surface area contributed by atoms with Crippen LogP contribution in [0.4, 0.5) is 5.82 Å². The molecule has 10 nitrogen and oxygen atoms in total. The van der Waals surface area contributed by atoms with Crippen molar-refractivity contribution in [1.29, 1.82) is 0 Å². The van der Waals surface area contributed by atoms with E-state index in [0.29, 0.717) is 61.2 Å². The summed E-state index contributed by atoms with van der Waals surface area (Å²) >= 11 is 0. The number of hydrogen-bond donors (Lipinski definition) is 0. The minimum Gasteiger partial charge on any atom is -0.497 e. The molecule has 0 atom stereocenters. The highest BCUT2D eigenvalue weighted by atomic mass is 16.5. The largest absolute Gasteiger partial charge is 0.497 e. The molecule has 2 aromatic carbocycles. The third-order valence-corrected chi connectivity index (χ3v) is 6.74. The average Bonchev–Trinajstić information content (AvgIpc) is 3.00. The van der Waals surface area contributed by atoms with Gasteiger partial charge in [-0.05, 0) is 55.0 Å². The Balaban J connectivity index is 1.35. The van der Waals surface area contributed by atoms with E-state index in [2.05, 4.69) is 15.1 Å². The first-order valence-electron chi connectivity index (χ1n) is 13.0. The molecule has 0 spiro atoms. The first-order chi connectivity index (χ1) is 19.0. The van der Waals surface area contributed by atoms with Crippen molar-refractivity contribution in [1.82, 2.24) is 20.0 Å². The Bertz CT molecular complexity index is 1260. The molecule has 0 radical (unpaired) electrons. The summed E-state index contributed by atoms with van der Waals surface area (Å²) in [7, 11) is 4.80. The monoisotopic (exact) mass is 533 g/mol. The smallest absolute Gasteiger partial charge is 0.254 e. The van der Waals surface area contributed by atoms with Gasteiger partial charge in [-0.2, -0.15) is 0 Å². The highest BCUT2D eigenvalue weighted by molar-refractivity contribution is 5.96. The summed E-state index contributed by atoms with van der Waals surface area (Å²) in [5.41, 5.74) is 2.06. The number of carbonyl (C=O) groups is 2. The molecule has 10 heteroatoms. The fraction of sp³-hybridized carbons (Fsp3) is 0.379. The molecule has 2 amide bonds. The zero-order valence-corrected chi connectivity index (χ0v) is 22.9. The lowest BCUT2D eigenvalue weighted by Gasteiger charge is -2.36. The van der Waals surface area contributed by atoms with Crippen LogP contribution in [0.1, 0.15) is 23.7 Å². The van der Waals surface area contributed by atoms with Gasteiger partial charge in [-0.15, -0.1) is 10.2 Å². The summed E-state index contributed by atoms with van der Waals surface area (Å²) in [5.74, 6) is 2.58. The van der Waals surface area contributed by atoms with E-state index in [1.54, 1.807) is 50.5 Å². The maximum absolute atomic E-state index is 13.1. The molecule has 1 aromatic heterocycles. The molecule has 39 heavy (non-hydrogen) atoms. The van der Waals surface area contributed by atoms with Gasteiger partial charge in [-0.1, -0.05) is 6.92 Å². The number of amides is 2. The molecule has 0 unspecified atom stereocenters. The summed E-state index contributed by atoms with van der Waals surface area (Å²) < 4.78 is 15.9. The maximum Gasteiger partial charge on any atom is 0.254 e. The van der Waals surface area contributed by atoms with Crippen LogP contribution in [-0.2, 0) is 4.79 Å². The Morgan fingerprint density at radius 3 is 2.13 bits per heavy atom. The van der Waals surface area contributed by atoms with Crippen LogP contribution in [0.25, 0.3) is 11.3 Å². The van der Waals surface area contributed by atoms with E-state index in [4.69, 9.17) is 14.2 Å². The molecule has 1 aliphatic heterocycles. The number of anilines is 1. The number of piperazine rings is 1. The van der Waals surface area contributed by atoms with Gasteiger partial charge >= 0.3 is 0 Å². The number of aromatic nitrogens is 2. The minimum absolute atomic E-state index is 0.0525. The Kier molecular flexibility index (Phi) is 9.19. The number of nitrogens with zero attached hydrogens (tertiary/aromatic N) is 5. The molecule has 0 bridgehead atoms. The second-order valence-corrected chi connectivity index (χ2v) is 9.17. The second kappa shape index (κ2) is 12.9. The standard InChI is InChI=1S/C29H35N5O5/c1-5-14-34(29(36)21-6-8-22(37-2)9-7-21)20-28(35)33-17-15-32(16-18-33)27-13-12-25(30-31-27)24-11-10-23(38-3)19-26(24)39-4/h6-13,19H,5,14-18,20H2,1-4H3. The molecule has 1 aliphatic rings. The van der Waals surface area contributed by atoms with Gasteiger partial charge < -0.3 is 28.9 Å². The van der Waals surface area contributed by atoms with Crippen molar-refractivity contribution in [2.45, 2.75) is 13.3 Å². The maximum atomic E-state index is 13.1. The minimum atomic E-state index is -0.157. The number of rotatable bonds is 10. The first kappa shape index (κ1) is 27.7. The van der Waals surface area contributed by atoms with Crippen molar-refractivity contribution >= 4 is 17.6 Å². The number of ether oxygens (including phenoxy) is 3. The van der Waals surface area contributed by atoms with Gasteiger partial charge in [0.15, 0.2) is 5.82 Å². The Morgan fingerprint density at radius 1 is 0.846 bits per heavy atom. The van der Waals surface area contributed by atoms with Crippen molar-refractivity contribution in [2.24, 2.45) is 0 Å². The van der Waals surface area contributed by atoms with Crippen molar-refractivity contribution in [3.8, 4) is 28.5 Å². The van der Waals surface area contributed by atoms with Gasteiger partial charge in [0, 0.05) is 49.9 Å². The van der Waals surface area contributed by atoms with Crippen molar-refractivity contribution in [2.75, 3.05) is 65.5 Å². The normalized spacial score (nSPS) is 13.1. The lowest BCUT2D eigenvalue weighted by atomic mass is 10.1. The molecular weight excluding hydrogens is 498 g/mol. The highest BCUT2D eigenvalue weighted by Gasteiger charge is 2.26. The van der Waals surface area contributed by atoms with Crippen molar-refractivity contribution in [3.05, 3.63) is 60.2 Å². The van der Waals surface area contributed by atoms with E-state index >= 15 is 0 Å². The van der Waals surface area contributed by atoms with E-state index in [-0.39, 0.29) is 18.4 Å². The fourth-order valence-electron chi connectivity index (χ4n) is 4.53. The van der Waals surface area contributed by atoms with Crippen LogP contribution in [0.2, 0.25) is 0 Å². The van der Waals surface area contributed by atoms with Gasteiger partial charge in [0.1, 0.15) is 23.8 Å². The van der Waals surface area contributed by atoms with Crippen LogP contribution in [0, 0.1) is 0 Å². The Labute approximate surface area is 229 Å². The van der Waals surface area contributed by atoms with Crippen LogP contribution in [0.5, 0.6) is 17.2 Å². The lowest BCUT2D eigenvalue weighted by molar-refractivity contribution is -0.132. The van der Waals surface area contributed by atoms with Crippen LogP contribution in [0.3, 0.4) is 0 Å². The van der Waals surface area contributed by atoms with Gasteiger partial charge in [0.05, 0.1) is 27.0 Å². The van der Waals surface area contributed by atoms with Gasteiger partial charge in [-0.3, -0.25) is 9.59 Å². The lowest BCUT2D eigenvalue weighted by Crippen LogP contribution is -2.52. The molecule has 1 fully saturated rings.